The summed E-state index contributed by atoms with van der Waals surface area (Å²) in [4.78, 5) is 38.7. The van der Waals surface area contributed by atoms with Crippen LogP contribution in [0.25, 0.3) is 0 Å². The molecule has 0 radical (unpaired) electrons. The number of ether oxygens (including phenoxy) is 1. The Kier molecular flexibility index (Phi) is 4.97. The number of hydrogen-bond donors (Lipinski definition) is 1. The molecule has 2 fully saturated rings. The normalized spacial score (nSPS) is 28.8. The molecule has 2 aliphatic rings. The molecule has 0 aliphatic carbocycles. The van der Waals surface area contributed by atoms with E-state index in [0.717, 1.165) is 6.42 Å². The van der Waals surface area contributed by atoms with E-state index in [0.29, 0.717) is 18.7 Å². The van der Waals surface area contributed by atoms with E-state index in [2.05, 4.69) is 0 Å². The summed E-state index contributed by atoms with van der Waals surface area (Å²) in [5, 5.41) is 9.03. The van der Waals surface area contributed by atoms with Crippen molar-refractivity contribution < 1.29 is 24.2 Å². The van der Waals surface area contributed by atoms with Crippen LogP contribution in [-0.2, 0) is 14.3 Å². The Morgan fingerprint density at radius 1 is 1.33 bits per heavy atom. The van der Waals surface area contributed by atoms with Crippen LogP contribution in [0.15, 0.2) is 0 Å². The second-order valence-electron chi connectivity index (χ2n) is 5.08. The maximum Gasteiger partial charge on any atom is 0.328 e. The van der Waals surface area contributed by atoms with Gasteiger partial charge in [0, 0.05) is 12.3 Å². The molecule has 0 aromatic rings. The Morgan fingerprint density at radius 3 is 2.67 bits per heavy atom. The number of carbonyl (C=O) groups excluding carboxylic acids is 2. The molecule has 0 bridgehead atoms. The average molecular weight is 316 g/mol. The van der Waals surface area contributed by atoms with Crippen LogP contribution < -0.4 is 0 Å². The van der Waals surface area contributed by atoms with Gasteiger partial charge in [0.25, 0.3) is 0 Å². The van der Waals surface area contributed by atoms with Gasteiger partial charge < -0.3 is 14.7 Å². The summed E-state index contributed by atoms with van der Waals surface area (Å²) in [5.41, 5.74) is 0. The van der Waals surface area contributed by atoms with Gasteiger partial charge >= 0.3 is 18.0 Å². The van der Waals surface area contributed by atoms with Gasteiger partial charge in [0.1, 0.15) is 12.1 Å². The van der Waals surface area contributed by atoms with Gasteiger partial charge in [0.15, 0.2) is 0 Å². The van der Waals surface area contributed by atoms with Crippen molar-refractivity contribution in [1.29, 1.82) is 0 Å². The molecule has 0 aromatic heterocycles. The van der Waals surface area contributed by atoms with Crippen LogP contribution in [0.4, 0.5) is 4.79 Å². The Labute approximate surface area is 127 Å². The van der Waals surface area contributed by atoms with Crippen molar-refractivity contribution in [3.05, 3.63) is 0 Å². The monoisotopic (exact) mass is 316 g/mol. The second-order valence-corrected chi connectivity index (χ2v) is 6.43. The van der Waals surface area contributed by atoms with Gasteiger partial charge in [0.05, 0.1) is 12.0 Å². The van der Waals surface area contributed by atoms with Crippen molar-refractivity contribution in [2.75, 3.05) is 18.9 Å². The number of urea groups is 1. The van der Waals surface area contributed by atoms with E-state index in [-0.39, 0.29) is 18.0 Å². The van der Waals surface area contributed by atoms with Crippen molar-refractivity contribution in [2.45, 2.75) is 44.1 Å². The standard InChI is InChI=1S/C13H20N2O5S/c1-3-20-12(18)9-5-4-6-14(9)13(19)15-8(2)21-7-10(15)11(16)17/h8-10H,3-7H2,1-2H3,(H,16,17). The van der Waals surface area contributed by atoms with Gasteiger partial charge in [0.2, 0.25) is 0 Å². The molecule has 0 spiro atoms. The number of hydrogen-bond acceptors (Lipinski definition) is 5. The number of nitrogens with zero attached hydrogens (tertiary/aromatic N) is 2. The first-order chi connectivity index (χ1) is 9.97. The van der Waals surface area contributed by atoms with Crippen molar-refractivity contribution in [2.24, 2.45) is 0 Å². The van der Waals surface area contributed by atoms with E-state index >= 15 is 0 Å². The van der Waals surface area contributed by atoms with Crippen LogP contribution in [-0.4, -0.2) is 69.2 Å². The fourth-order valence-corrected chi connectivity index (χ4v) is 3.91. The average Bonchev–Trinajstić information content (AvgIpc) is 3.04. The number of rotatable bonds is 3. The summed E-state index contributed by atoms with van der Waals surface area (Å²) in [7, 11) is 0. The zero-order valence-corrected chi connectivity index (χ0v) is 13.0. The highest BCUT2D eigenvalue weighted by molar-refractivity contribution is 8.00. The molecule has 7 nitrogen and oxygen atoms in total. The maximum absolute atomic E-state index is 12.7. The molecule has 1 N–H and O–H groups in total. The fourth-order valence-electron chi connectivity index (χ4n) is 2.75. The fraction of sp³-hybridized carbons (Fsp3) is 0.769. The molecule has 2 amide bonds. The van der Waals surface area contributed by atoms with Crippen LogP contribution in [0.2, 0.25) is 0 Å². The molecule has 8 heteroatoms. The van der Waals surface area contributed by atoms with Gasteiger partial charge in [-0.25, -0.2) is 14.4 Å². The number of likely N-dealkylation sites (tertiary alicyclic amines) is 1. The first-order valence-electron chi connectivity index (χ1n) is 7.07. The van der Waals surface area contributed by atoms with Crippen LogP contribution >= 0.6 is 11.8 Å². The minimum atomic E-state index is -1.01. The van der Waals surface area contributed by atoms with E-state index in [1.165, 1.54) is 21.6 Å². The first-order valence-corrected chi connectivity index (χ1v) is 8.12. The summed E-state index contributed by atoms with van der Waals surface area (Å²) < 4.78 is 5.00. The lowest BCUT2D eigenvalue weighted by Crippen LogP contribution is -2.53. The van der Waals surface area contributed by atoms with E-state index < -0.39 is 24.0 Å². The summed E-state index contributed by atoms with van der Waals surface area (Å²) in [6.45, 7) is 4.26. The predicted octanol–water partition coefficient (Wildman–Crippen LogP) is 0.982. The van der Waals surface area contributed by atoms with Crippen molar-refractivity contribution >= 4 is 29.7 Å². The lowest BCUT2D eigenvalue weighted by Gasteiger charge is -2.32. The third kappa shape index (κ3) is 3.09. The third-order valence-corrected chi connectivity index (χ3v) is 5.00. The highest BCUT2D eigenvalue weighted by Crippen LogP contribution is 2.32. The lowest BCUT2D eigenvalue weighted by atomic mass is 10.2. The number of carbonyl (C=O) groups is 3. The SMILES string of the molecule is CCOC(=O)C1CCCN1C(=O)N1C(C)SCC1C(=O)O. The van der Waals surface area contributed by atoms with Crippen LogP contribution in [0.1, 0.15) is 26.7 Å². The van der Waals surface area contributed by atoms with Crippen molar-refractivity contribution in [3.63, 3.8) is 0 Å². The minimum Gasteiger partial charge on any atom is -0.480 e. The van der Waals surface area contributed by atoms with Gasteiger partial charge in [-0.2, -0.15) is 0 Å². The van der Waals surface area contributed by atoms with E-state index in [4.69, 9.17) is 4.74 Å². The van der Waals surface area contributed by atoms with Crippen molar-refractivity contribution in [1.82, 2.24) is 9.80 Å². The summed E-state index contributed by atoms with van der Waals surface area (Å²) >= 11 is 1.43. The summed E-state index contributed by atoms with van der Waals surface area (Å²) in [5.74, 6) is -1.04. The number of carboxylic acid groups (broad SMARTS) is 1. The Balaban J connectivity index is 2.14. The molecule has 2 rings (SSSR count). The van der Waals surface area contributed by atoms with E-state index in [1.807, 2.05) is 0 Å². The van der Waals surface area contributed by atoms with Crippen LogP contribution in [0.3, 0.4) is 0 Å². The first kappa shape index (κ1) is 15.9. The molecule has 3 atom stereocenters. The second kappa shape index (κ2) is 6.55. The van der Waals surface area contributed by atoms with Gasteiger partial charge in [-0.15, -0.1) is 11.8 Å². The molecule has 21 heavy (non-hydrogen) atoms. The largest absolute Gasteiger partial charge is 0.480 e. The molecule has 2 aliphatic heterocycles. The highest BCUT2D eigenvalue weighted by Gasteiger charge is 2.45. The van der Waals surface area contributed by atoms with Crippen LogP contribution in [0.5, 0.6) is 0 Å². The topological polar surface area (TPSA) is 87.2 Å². The lowest BCUT2D eigenvalue weighted by molar-refractivity contribution is -0.147. The number of amides is 2. The number of thioether (sulfide) groups is 1. The van der Waals surface area contributed by atoms with E-state index in [9.17, 15) is 19.5 Å². The minimum absolute atomic E-state index is 0.206. The molecule has 0 aromatic carbocycles. The Hall–Kier alpha value is -1.44. The zero-order valence-electron chi connectivity index (χ0n) is 12.2. The predicted molar refractivity (Wildman–Crippen MR) is 76.9 cm³/mol. The van der Waals surface area contributed by atoms with Gasteiger partial charge in [-0.1, -0.05) is 0 Å². The van der Waals surface area contributed by atoms with Crippen LogP contribution in [0, 0.1) is 0 Å². The molecule has 2 saturated heterocycles. The molecule has 118 valence electrons. The van der Waals surface area contributed by atoms with E-state index in [1.54, 1.807) is 13.8 Å². The number of carboxylic acids is 1. The zero-order chi connectivity index (χ0) is 15.6. The molecule has 0 saturated carbocycles. The highest BCUT2D eigenvalue weighted by atomic mass is 32.2. The maximum atomic E-state index is 12.7. The smallest absolute Gasteiger partial charge is 0.328 e. The molecule has 2 heterocycles. The van der Waals surface area contributed by atoms with Crippen molar-refractivity contribution in [3.8, 4) is 0 Å². The molecule has 3 unspecified atom stereocenters. The molecular weight excluding hydrogens is 296 g/mol. The Bertz CT molecular complexity index is 444. The number of esters is 1. The summed E-state index contributed by atoms with van der Waals surface area (Å²) in [6, 6.07) is -1.80. The van der Waals surface area contributed by atoms with Gasteiger partial charge in [-0.05, 0) is 26.7 Å². The number of aliphatic carboxylic acids is 1. The van der Waals surface area contributed by atoms with Gasteiger partial charge in [-0.3, -0.25) is 4.90 Å². The summed E-state index contributed by atoms with van der Waals surface area (Å²) in [6.07, 6.45) is 1.29. The Morgan fingerprint density at radius 2 is 2.05 bits per heavy atom. The third-order valence-electron chi connectivity index (χ3n) is 3.79. The quantitative estimate of drug-likeness (QED) is 0.781. The molecular formula is C13H20N2O5S.